The van der Waals surface area contributed by atoms with Gasteiger partial charge in [-0.25, -0.2) is 0 Å². The smallest absolute Gasteiger partial charge is 0.221 e. The molecule has 5 rings (SSSR count). The van der Waals surface area contributed by atoms with Crippen molar-refractivity contribution in [1.29, 1.82) is 0 Å². The second-order valence-corrected chi connectivity index (χ2v) is 9.18. The fourth-order valence-corrected chi connectivity index (χ4v) is 4.77. The topological polar surface area (TPSA) is 70.4 Å². The Morgan fingerprint density at radius 1 is 1.11 bits per heavy atom. The zero-order valence-corrected chi connectivity index (χ0v) is 20.7. The van der Waals surface area contributed by atoms with Gasteiger partial charge >= 0.3 is 0 Å². The maximum atomic E-state index is 11.4. The highest BCUT2D eigenvalue weighted by molar-refractivity contribution is 7.80. The van der Waals surface area contributed by atoms with Crippen LogP contribution in [0.2, 0.25) is 5.02 Å². The third-order valence-electron chi connectivity index (χ3n) is 5.94. The highest BCUT2D eigenvalue weighted by Gasteiger charge is 2.42. The van der Waals surface area contributed by atoms with Gasteiger partial charge in [0.2, 0.25) is 5.91 Å². The van der Waals surface area contributed by atoms with Crippen LogP contribution >= 0.6 is 23.8 Å². The fourth-order valence-electron chi connectivity index (χ4n) is 4.24. The second-order valence-electron chi connectivity index (χ2n) is 8.39. The molecule has 0 aliphatic carbocycles. The summed E-state index contributed by atoms with van der Waals surface area (Å²) >= 11 is 12.1. The standard InChI is InChI=1S/C27H23ClN4O2S/c1-16-6-7-18(15-21(16)28)23-12-13-24(34-23)26-25(22-5-3-4-14-29-22)31-27(35)32(26)20-10-8-19(9-11-20)30-17(2)33/h3-15,25-26H,1-2H3,(H,30,33)(H,31,35)/t25-,26-/m0/s1. The molecule has 0 radical (unpaired) electrons. The van der Waals surface area contributed by atoms with Crippen LogP contribution in [0.5, 0.6) is 0 Å². The Bertz CT molecular complexity index is 1390. The Hall–Kier alpha value is -3.68. The van der Waals surface area contributed by atoms with Crippen LogP contribution in [0.4, 0.5) is 11.4 Å². The average molecular weight is 503 g/mol. The Kier molecular flexibility index (Phi) is 6.28. The Balaban J connectivity index is 1.55. The van der Waals surface area contributed by atoms with Gasteiger partial charge in [0.05, 0.1) is 11.7 Å². The quantitative estimate of drug-likeness (QED) is 0.306. The van der Waals surface area contributed by atoms with Crippen molar-refractivity contribution in [1.82, 2.24) is 10.3 Å². The second kappa shape index (κ2) is 9.52. The predicted octanol–water partition coefficient (Wildman–Crippen LogP) is 6.44. The molecule has 4 aromatic rings. The van der Waals surface area contributed by atoms with E-state index in [1.165, 1.54) is 6.92 Å². The third-order valence-corrected chi connectivity index (χ3v) is 6.66. The van der Waals surface area contributed by atoms with Crippen molar-refractivity contribution in [3.8, 4) is 11.3 Å². The first-order chi connectivity index (χ1) is 16.9. The van der Waals surface area contributed by atoms with E-state index in [1.807, 2.05) is 84.6 Å². The summed E-state index contributed by atoms with van der Waals surface area (Å²) in [4.78, 5) is 18.0. The molecule has 1 aliphatic heterocycles. The molecule has 1 fully saturated rings. The van der Waals surface area contributed by atoms with Crippen molar-refractivity contribution in [3.05, 3.63) is 101 Å². The van der Waals surface area contributed by atoms with Crippen molar-refractivity contribution < 1.29 is 9.21 Å². The molecule has 6 nitrogen and oxygen atoms in total. The van der Waals surface area contributed by atoms with Gasteiger partial charge in [-0.2, -0.15) is 0 Å². The lowest BCUT2D eigenvalue weighted by molar-refractivity contribution is -0.114. The van der Waals surface area contributed by atoms with Crippen LogP contribution in [-0.4, -0.2) is 16.0 Å². The summed E-state index contributed by atoms with van der Waals surface area (Å²) < 4.78 is 6.39. The summed E-state index contributed by atoms with van der Waals surface area (Å²) in [7, 11) is 0. The zero-order chi connectivity index (χ0) is 24.5. The van der Waals surface area contributed by atoms with Gasteiger partial charge in [-0.1, -0.05) is 29.8 Å². The van der Waals surface area contributed by atoms with Crippen LogP contribution in [0.3, 0.4) is 0 Å². The van der Waals surface area contributed by atoms with Gasteiger partial charge in [0.1, 0.15) is 17.6 Å². The minimum absolute atomic E-state index is 0.122. The number of carbonyl (C=O) groups excluding carboxylic acids is 1. The number of nitrogens with one attached hydrogen (secondary N) is 2. The molecule has 2 N–H and O–H groups in total. The van der Waals surface area contributed by atoms with Crippen LogP contribution in [0, 0.1) is 6.92 Å². The van der Waals surface area contributed by atoms with E-state index in [0.29, 0.717) is 15.8 Å². The summed E-state index contributed by atoms with van der Waals surface area (Å²) in [5, 5.41) is 7.48. The fraction of sp³-hybridized carbons (Fsp3) is 0.148. The number of hydrogen-bond donors (Lipinski definition) is 2. The van der Waals surface area contributed by atoms with Gasteiger partial charge in [0.25, 0.3) is 0 Å². The maximum absolute atomic E-state index is 11.4. The van der Waals surface area contributed by atoms with Crippen molar-refractivity contribution >= 4 is 46.2 Å². The molecule has 8 heteroatoms. The van der Waals surface area contributed by atoms with E-state index in [1.54, 1.807) is 6.20 Å². The lowest BCUT2D eigenvalue weighted by Gasteiger charge is -2.26. The summed E-state index contributed by atoms with van der Waals surface area (Å²) in [5.74, 6) is 1.34. The van der Waals surface area contributed by atoms with E-state index in [4.69, 9.17) is 28.2 Å². The molecule has 0 spiro atoms. The maximum Gasteiger partial charge on any atom is 0.221 e. The van der Waals surface area contributed by atoms with Gasteiger partial charge in [0.15, 0.2) is 5.11 Å². The molecule has 1 aliphatic rings. The number of rotatable bonds is 5. The molecular formula is C27H23ClN4O2S. The van der Waals surface area contributed by atoms with Gasteiger partial charge in [-0.15, -0.1) is 0 Å². The molecule has 1 amide bonds. The summed E-state index contributed by atoms with van der Waals surface area (Å²) in [5.41, 5.74) is 4.36. The largest absolute Gasteiger partial charge is 0.459 e. The van der Waals surface area contributed by atoms with Gasteiger partial charge in [-0.05, 0) is 79.3 Å². The zero-order valence-electron chi connectivity index (χ0n) is 19.2. The molecule has 1 saturated heterocycles. The van der Waals surface area contributed by atoms with Crippen LogP contribution < -0.4 is 15.5 Å². The number of benzene rings is 2. The number of carbonyl (C=O) groups is 1. The first-order valence-corrected chi connectivity index (χ1v) is 11.9. The number of nitrogens with zero attached hydrogens (tertiary/aromatic N) is 2. The molecule has 2 aromatic heterocycles. The highest BCUT2D eigenvalue weighted by Crippen LogP contribution is 2.43. The number of aromatic nitrogens is 1. The monoisotopic (exact) mass is 502 g/mol. The Labute approximate surface area is 213 Å². The highest BCUT2D eigenvalue weighted by atomic mass is 35.5. The van der Waals surface area contributed by atoms with Gasteiger partial charge < -0.3 is 20.0 Å². The molecule has 3 heterocycles. The number of pyridine rings is 1. The van der Waals surface area contributed by atoms with Crippen molar-refractivity contribution in [2.45, 2.75) is 25.9 Å². The molecule has 35 heavy (non-hydrogen) atoms. The lowest BCUT2D eigenvalue weighted by Crippen LogP contribution is -2.29. The summed E-state index contributed by atoms with van der Waals surface area (Å²) in [6.45, 7) is 3.45. The summed E-state index contributed by atoms with van der Waals surface area (Å²) in [6, 6.07) is 22.7. The van der Waals surface area contributed by atoms with Crippen LogP contribution in [-0.2, 0) is 4.79 Å². The molecule has 0 unspecified atom stereocenters. The van der Waals surface area contributed by atoms with E-state index in [9.17, 15) is 4.79 Å². The minimum Gasteiger partial charge on any atom is -0.459 e. The molecule has 2 atom stereocenters. The van der Waals surface area contributed by atoms with E-state index in [2.05, 4.69) is 15.6 Å². The third kappa shape index (κ3) is 4.65. The van der Waals surface area contributed by atoms with Crippen molar-refractivity contribution in [2.24, 2.45) is 0 Å². The SMILES string of the molecule is CC(=O)Nc1ccc(N2C(=S)N[C@@H](c3ccccn3)[C@@H]2c2ccc(-c3ccc(C)c(Cl)c3)o2)cc1. The van der Waals surface area contributed by atoms with Crippen LogP contribution in [0.15, 0.2) is 83.4 Å². The van der Waals surface area contributed by atoms with E-state index in [-0.39, 0.29) is 18.0 Å². The lowest BCUT2D eigenvalue weighted by atomic mass is 10.0. The van der Waals surface area contributed by atoms with Crippen molar-refractivity contribution in [3.63, 3.8) is 0 Å². The predicted molar refractivity (Wildman–Crippen MR) is 143 cm³/mol. The number of hydrogen-bond acceptors (Lipinski definition) is 4. The first kappa shape index (κ1) is 23.1. The molecular weight excluding hydrogens is 480 g/mol. The number of thiocarbonyl (C=S) groups is 1. The Morgan fingerprint density at radius 2 is 1.91 bits per heavy atom. The van der Waals surface area contributed by atoms with Gasteiger partial charge in [0, 0.05) is 35.1 Å². The van der Waals surface area contributed by atoms with E-state index >= 15 is 0 Å². The molecule has 176 valence electrons. The molecule has 0 bridgehead atoms. The molecule has 0 saturated carbocycles. The number of anilines is 2. The number of halogens is 1. The summed E-state index contributed by atoms with van der Waals surface area (Å²) in [6.07, 6.45) is 1.77. The number of amides is 1. The van der Waals surface area contributed by atoms with Crippen molar-refractivity contribution in [2.75, 3.05) is 10.2 Å². The number of furan rings is 1. The Morgan fingerprint density at radius 3 is 2.60 bits per heavy atom. The number of aryl methyl sites for hydroxylation is 1. The average Bonchev–Trinajstić information content (AvgIpc) is 3.46. The van der Waals surface area contributed by atoms with Crippen LogP contribution in [0.1, 0.15) is 36.0 Å². The minimum atomic E-state index is -0.279. The van der Waals surface area contributed by atoms with Gasteiger partial charge in [-0.3, -0.25) is 9.78 Å². The van der Waals surface area contributed by atoms with Crippen LogP contribution in [0.25, 0.3) is 11.3 Å². The molecule has 2 aromatic carbocycles. The normalized spacial score (nSPS) is 17.3. The van der Waals surface area contributed by atoms with E-state index in [0.717, 1.165) is 34.0 Å². The first-order valence-electron chi connectivity index (χ1n) is 11.2. The van der Waals surface area contributed by atoms with E-state index < -0.39 is 0 Å².